The minimum absolute atomic E-state index is 0.00347. The van der Waals surface area contributed by atoms with E-state index in [1.807, 2.05) is 111 Å². The van der Waals surface area contributed by atoms with Crippen LogP contribution in [0.2, 0.25) is 0 Å². The molecule has 5 atom stereocenters. The van der Waals surface area contributed by atoms with E-state index in [4.69, 9.17) is 33.2 Å². The standard InChI is InChI=1S/C16H30O2.2C14H26O2.C13H24O2.3C12H22O2/c1-5-13(2)15(17)18-16(3,4)14-11-9-7-6-8-10-12-14;1-5-13(3,4)12(15)16-14(6-2)10-8-7-9-11-14;1-4-12(2)13(15)16-14(3)10-8-6-5-7-9-11-14;1-4-11(2)12(14)15-13(3)9-7-5-6-8-10-13;1-5-11(2,3)10(13)14-12(4)8-6-7-9-12;1-4-10(2)11(13)14-12(3)8-6-5-7-9-12;1-4-10(3)11(13)14-12(5-2)8-6-7-9-12/h13-14H,5-12H2,1-4H3;5-11H2,1-4H3;12H,4-11H2,1-3H3;11H,4-10H2,1-3H3;5-9H2,1-4H3;2*10H,4-9H2,1-3H3. The minimum Gasteiger partial charge on any atom is -0.459 e. The number of hydrogen-bond donors (Lipinski definition) is 0. The third-order valence-electron chi connectivity index (χ3n) is 26.1. The molecule has 0 aromatic heterocycles. The summed E-state index contributed by atoms with van der Waals surface area (Å²) in [5, 5.41) is 0. The summed E-state index contributed by atoms with van der Waals surface area (Å²) in [5.74, 6) is 0.636. The van der Waals surface area contributed by atoms with E-state index in [9.17, 15) is 33.6 Å². The molecule has 14 heteroatoms. The predicted molar refractivity (Wildman–Crippen MR) is 441 cm³/mol. The van der Waals surface area contributed by atoms with Crippen LogP contribution in [-0.4, -0.2) is 81.0 Å². The molecular formula is C93H172O14. The van der Waals surface area contributed by atoms with Gasteiger partial charge in [0.2, 0.25) is 0 Å². The van der Waals surface area contributed by atoms with E-state index in [0.717, 1.165) is 135 Å². The maximum atomic E-state index is 12.1. The van der Waals surface area contributed by atoms with Crippen molar-refractivity contribution in [2.45, 2.75) is 507 Å². The molecule has 7 fully saturated rings. The molecule has 0 spiro atoms. The van der Waals surface area contributed by atoms with Gasteiger partial charge in [-0.05, 0) is 300 Å². The van der Waals surface area contributed by atoms with Crippen LogP contribution < -0.4 is 0 Å². The monoisotopic (exact) mass is 1510 g/mol. The van der Waals surface area contributed by atoms with Gasteiger partial charge in [0, 0.05) is 0 Å². The summed E-state index contributed by atoms with van der Waals surface area (Å²) < 4.78 is 39.9. The lowest BCUT2D eigenvalue weighted by atomic mass is 9.80. The summed E-state index contributed by atoms with van der Waals surface area (Å²) in [4.78, 5) is 82.8. The van der Waals surface area contributed by atoms with Gasteiger partial charge in [-0.2, -0.15) is 0 Å². The fraction of sp³-hybridized carbons (Fsp3) is 0.925. The van der Waals surface area contributed by atoms with Gasteiger partial charge in [-0.25, -0.2) is 0 Å². The highest BCUT2D eigenvalue weighted by atomic mass is 16.6. The van der Waals surface area contributed by atoms with Crippen LogP contribution in [-0.2, 0) is 66.7 Å². The van der Waals surface area contributed by atoms with Crippen molar-refractivity contribution < 1.29 is 66.7 Å². The number of ether oxygens (including phenoxy) is 7. The number of rotatable bonds is 24. The molecule has 628 valence electrons. The van der Waals surface area contributed by atoms with Crippen molar-refractivity contribution in [3.8, 4) is 0 Å². The van der Waals surface area contributed by atoms with Crippen molar-refractivity contribution in [2.75, 3.05) is 0 Å². The lowest BCUT2D eigenvalue weighted by molar-refractivity contribution is -0.175. The van der Waals surface area contributed by atoms with Gasteiger partial charge < -0.3 is 33.2 Å². The Hall–Kier alpha value is -3.71. The second kappa shape index (κ2) is 51.1. The Labute approximate surface area is 658 Å². The normalized spacial score (nSPS) is 21.8. The van der Waals surface area contributed by atoms with E-state index in [1.165, 1.54) is 167 Å². The number of esters is 7. The molecule has 7 saturated carbocycles. The second-order valence-electron chi connectivity index (χ2n) is 37.1. The van der Waals surface area contributed by atoms with E-state index >= 15 is 0 Å². The van der Waals surface area contributed by atoms with Crippen molar-refractivity contribution in [3.05, 3.63) is 0 Å². The average Bonchev–Trinajstić information content (AvgIpc) is 1.76. The van der Waals surface area contributed by atoms with Crippen LogP contribution in [0, 0.1) is 46.3 Å². The van der Waals surface area contributed by atoms with Gasteiger partial charge in [0.1, 0.15) is 39.2 Å². The van der Waals surface area contributed by atoms with Crippen LogP contribution in [0.15, 0.2) is 0 Å². The predicted octanol–water partition coefficient (Wildman–Crippen LogP) is 26.5. The van der Waals surface area contributed by atoms with Crippen molar-refractivity contribution in [1.82, 2.24) is 0 Å². The first kappa shape index (κ1) is 101. The minimum atomic E-state index is -0.334. The van der Waals surface area contributed by atoms with Crippen LogP contribution in [0.1, 0.15) is 468 Å². The van der Waals surface area contributed by atoms with E-state index in [1.54, 1.807) is 0 Å². The van der Waals surface area contributed by atoms with E-state index in [2.05, 4.69) is 55.4 Å². The highest BCUT2D eigenvalue weighted by molar-refractivity contribution is 5.77. The zero-order chi connectivity index (χ0) is 81.2. The molecule has 7 rings (SSSR count). The third kappa shape index (κ3) is 39.1. The summed E-state index contributed by atoms with van der Waals surface area (Å²) in [6.45, 7) is 48.6. The smallest absolute Gasteiger partial charge is 0.312 e. The molecule has 0 aromatic carbocycles. The fourth-order valence-electron chi connectivity index (χ4n) is 15.0. The first-order valence-corrected chi connectivity index (χ1v) is 44.8. The summed E-state index contributed by atoms with van der Waals surface area (Å²) in [7, 11) is 0. The largest absolute Gasteiger partial charge is 0.459 e. The average molecular weight is 1510 g/mol. The van der Waals surface area contributed by atoms with Gasteiger partial charge in [0.25, 0.3) is 0 Å². The Morgan fingerprint density at radius 1 is 0.290 bits per heavy atom. The SMILES string of the molecule is CCC(C)(C)C(=O)OC1(C)CCCC1.CCC(C)C(=O)OC(C)(C)C1CCCCCCC1.CCC(C)C(=O)OC1(C)CCCCC1.CCC(C)C(=O)OC1(C)CCCCCC1.CCC(C)C(=O)OC1(C)CCCCCCC1.CCC(C)C(=O)OC1(CC)CCCC1.CCC1(OC(=O)C(C)(C)CC)CCCCC1. The van der Waals surface area contributed by atoms with Gasteiger partial charge in [0.05, 0.1) is 40.4 Å². The molecule has 107 heavy (non-hydrogen) atoms. The van der Waals surface area contributed by atoms with Crippen molar-refractivity contribution in [2.24, 2.45) is 46.3 Å². The van der Waals surface area contributed by atoms with Crippen LogP contribution in [0.4, 0.5) is 0 Å². The van der Waals surface area contributed by atoms with Crippen molar-refractivity contribution in [1.29, 1.82) is 0 Å². The topological polar surface area (TPSA) is 184 Å². The van der Waals surface area contributed by atoms with Crippen LogP contribution >= 0.6 is 0 Å². The molecule has 14 nitrogen and oxygen atoms in total. The van der Waals surface area contributed by atoms with Gasteiger partial charge in [-0.3, -0.25) is 33.6 Å². The molecular weight excluding hydrogens is 1340 g/mol. The van der Waals surface area contributed by atoms with Crippen molar-refractivity contribution in [3.63, 3.8) is 0 Å². The Morgan fingerprint density at radius 2 is 0.505 bits per heavy atom. The number of carbonyl (C=O) groups excluding carboxylic acids is 7. The third-order valence-corrected chi connectivity index (χ3v) is 26.1. The molecule has 0 aromatic rings. The molecule has 7 aliphatic rings. The Balaban J connectivity index is 0.000000625. The van der Waals surface area contributed by atoms with E-state index in [-0.39, 0.29) is 121 Å². The summed E-state index contributed by atoms with van der Waals surface area (Å²) in [5.41, 5.74) is -1.94. The molecule has 0 bridgehead atoms. The zero-order valence-corrected chi connectivity index (χ0v) is 74.4. The van der Waals surface area contributed by atoms with Gasteiger partial charge in [-0.1, -0.05) is 174 Å². The summed E-state index contributed by atoms with van der Waals surface area (Å²) in [6, 6.07) is 0. The highest BCUT2D eigenvalue weighted by Gasteiger charge is 2.42. The quantitative estimate of drug-likeness (QED) is 0.0505. The zero-order valence-electron chi connectivity index (χ0n) is 74.4. The molecule has 0 aliphatic heterocycles. The Kier molecular flexibility index (Phi) is 48.4. The fourth-order valence-corrected chi connectivity index (χ4v) is 15.0. The molecule has 0 N–H and O–H groups in total. The maximum absolute atomic E-state index is 12.1. The van der Waals surface area contributed by atoms with Crippen molar-refractivity contribution >= 4 is 41.8 Å². The van der Waals surface area contributed by atoms with E-state index < -0.39 is 0 Å². The van der Waals surface area contributed by atoms with Crippen LogP contribution in [0.5, 0.6) is 0 Å². The number of carbonyl (C=O) groups is 7. The Morgan fingerprint density at radius 3 is 0.794 bits per heavy atom. The molecule has 5 unspecified atom stereocenters. The molecule has 0 heterocycles. The number of hydrogen-bond acceptors (Lipinski definition) is 14. The van der Waals surface area contributed by atoms with Gasteiger partial charge in [-0.15, -0.1) is 0 Å². The lowest BCUT2D eigenvalue weighted by Gasteiger charge is -2.38. The molecule has 7 aliphatic carbocycles. The van der Waals surface area contributed by atoms with E-state index in [0.29, 0.717) is 5.92 Å². The first-order valence-electron chi connectivity index (χ1n) is 44.8. The van der Waals surface area contributed by atoms with Crippen LogP contribution in [0.25, 0.3) is 0 Å². The Bertz CT molecular complexity index is 2440. The molecule has 0 amide bonds. The highest BCUT2D eigenvalue weighted by Crippen LogP contribution is 2.41. The van der Waals surface area contributed by atoms with Crippen LogP contribution in [0.3, 0.4) is 0 Å². The first-order chi connectivity index (χ1) is 50.2. The second-order valence-corrected chi connectivity index (χ2v) is 37.1. The van der Waals surface area contributed by atoms with Gasteiger partial charge >= 0.3 is 41.8 Å². The summed E-state index contributed by atoms with van der Waals surface area (Å²) >= 11 is 0. The maximum Gasteiger partial charge on any atom is 0.312 e. The molecule has 0 saturated heterocycles. The summed E-state index contributed by atoms with van der Waals surface area (Å²) in [6.07, 6.45) is 53.0. The molecule has 0 radical (unpaired) electrons. The van der Waals surface area contributed by atoms with Gasteiger partial charge in [0.15, 0.2) is 0 Å². The lowest BCUT2D eigenvalue weighted by Crippen LogP contribution is -2.40.